The third kappa shape index (κ3) is 2.66. The number of amides is 1. The van der Waals surface area contributed by atoms with Gasteiger partial charge in [0.2, 0.25) is 6.41 Å². The Kier molecular flexibility index (Phi) is 3.92. The fourth-order valence-corrected chi connectivity index (χ4v) is 1.63. The minimum Gasteiger partial charge on any atom is -0.331 e. The van der Waals surface area contributed by atoms with E-state index >= 15 is 0 Å². The Labute approximate surface area is 104 Å². The maximum atomic E-state index is 10.9. The summed E-state index contributed by atoms with van der Waals surface area (Å²) in [6.07, 6.45) is 0.440. The Balaban J connectivity index is 3.45. The number of nitrogens with one attached hydrogen (secondary N) is 1. The molecular weight excluding hydrogens is 294 g/mol. The van der Waals surface area contributed by atoms with Crippen LogP contribution in [-0.2, 0) is 15.3 Å². The van der Waals surface area contributed by atoms with Crippen LogP contribution in [0.4, 0.5) is 5.69 Å². The van der Waals surface area contributed by atoms with E-state index in [9.17, 15) is 19.7 Å². The summed E-state index contributed by atoms with van der Waals surface area (Å²) >= 11 is 3.11. The standard InChI is InChI=1S/C9H8BrN3O4/c10-6-1-2-8(13(16)17)7(3-6)9(11,4-14)12-5-15/h1-5H,11H2,(H,12,15). The van der Waals surface area contributed by atoms with E-state index in [2.05, 4.69) is 21.2 Å². The Morgan fingerprint density at radius 2 is 2.12 bits per heavy atom. The summed E-state index contributed by atoms with van der Waals surface area (Å²) in [5.41, 5.74) is 3.23. The highest BCUT2D eigenvalue weighted by Crippen LogP contribution is 2.28. The maximum Gasteiger partial charge on any atom is 0.276 e. The first-order valence-electron chi connectivity index (χ1n) is 4.35. The van der Waals surface area contributed by atoms with Crippen LogP contribution in [0.1, 0.15) is 5.56 Å². The van der Waals surface area contributed by atoms with E-state index < -0.39 is 10.6 Å². The fraction of sp³-hybridized carbons (Fsp3) is 0.111. The van der Waals surface area contributed by atoms with Crippen LogP contribution in [0.5, 0.6) is 0 Å². The van der Waals surface area contributed by atoms with Crippen molar-refractivity contribution < 1.29 is 14.5 Å². The van der Waals surface area contributed by atoms with Crippen molar-refractivity contribution in [3.05, 3.63) is 38.3 Å². The van der Waals surface area contributed by atoms with Crippen LogP contribution in [0.3, 0.4) is 0 Å². The third-order valence-corrected chi connectivity index (χ3v) is 2.58. The number of benzene rings is 1. The van der Waals surface area contributed by atoms with Crippen molar-refractivity contribution in [2.75, 3.05) is 0 Å². The van der Waals surface area contributed by atoms with Crippen LogP contribution in [0.2, 0.25) is 0 Å². The first kappa shape index (κ1) is 13.3. The largest absolute Gasteiger partial charge is 0.331 e. The molecule has 0 saturated heterocycles. The SMILES string of the molecule is NC(C=O)(NC=O)c1cc(Br)ccc1[N+](=O)[O-]. The van der Waals surface area contributed by atoms with Gasteiger partial charge in [-0.3, -0.25) is 25.4 Å². The van der Waals surface area contributed by atoms with Gasteiger partial charge in [0, 0.05) is 10.5 Å². The number of hydrogen-bond acceptors (Lipinski definition) is 5. The van der Waals surface area contributed by atoms with Gasteiger partial charge in [-0.05, 0) is 12.1 Å². The monoisotopic (exact) mass is 301 g/mol. The summed E-state index contributed by atoms with van der Waals surface area (Å²) < 4.78 is 0.502. The Hall–Kier alpha value is -1.80. The lowest BCUT2D eigenvalue weighted by molar-refractivity contribution is -0.386. The molecule has 1 aromatic rings. The number of hydrogen-bond donors (Lipinski definition) is 2. The van der Waals surface area contributed by atoms with E-state index in [4.69, 9.17) is 5.73 Å². The summed E-state index contributed by atoms with van der Waals surface area (Å²) in [5.74, 6) is 0. The first-order valence-corrected chi connectivity index (χ1v) is 5.15. The van der Waals surface area contributed by atoms with E-state index in [1.165, 1.54) is 18.2 Å². The van der Waals surface area contributed by atoms with E-state index in [-0.39, 0.29) is 23.9 Å². The molecule has 0 aliphatic rings. The molecule has 1 unspecified atom stereocenters. The number of nitrogens with two attached hydrogens (primary N) is 1. The quantitative estimate of drug-likeness (QED) is 0.354. The Bertz CT molecular complexity index is 479. The van der Waals surface area contributed by atoms with Crippen molar-refractivity contribution >= 4 is 34.3 Å². The molecule has 0 fully saturated rings. The molecule has 0 radical (unpaired) electrons. The van der Waals surface area contributed by atoms with Crippen molar-refractivity contribution in [3.63, 3.8) is 0 Å². The normalized spacial score (nSPS) is 13.5. The molecule has 1 atom stereocenters. The summed E-state index contributed by atoms with van der Waals surface area (Å²) in [6.45, 7) is 0. The van der Waals surface area contributed by atoms with Crippen LogP contribution in [0, 0.1) is 10.1 Å². The van der Waals surface area contributed by atoms with Crippen molar-refractivity contribution in [1.82, 2.24) is 5.32 Å². The molecule has 0 saturated carbocycles. The van der Waals surface area contributed by atoms with Crippen molar-refractivity contribution in [3.8, 4) is 0 Å². The van der Waals surface area contributed by atoms with Crippen molar-refractivity contribution in [2.45, 2.75) is 5.66 Å². The van der Waals surface area contributed by atoms with E-state index in [0.717, 1.165) is 0 Å². The van der Waals surface area contributed by atoms with Gasteiger partial charge in [-0.15, -0.1) is 0 Å². The van der Waals surface area contributed by atoms with Crippen LogP contribution in [0.15, 0.2) is 22.7 Å². The molecule has 0 aliphatic carbocycles. The fourth-order valence-electron chi connectivity index (χ4n) is 1.27. The number of nitro benzene ring substituents is 1. The molecule has 17 heavy (non-hydrogen) atoms. The van der Waals surface area contributed by atoms with Crippen LogP contribution in [0.25, 0.3) is 0 Å². The lowest BCUT2D eigenvalue weighted by Gasteiger charge is -2.22. The molecule has 1 aromatic carbocycles. The molecule has 1 amide bonds. The lowest BCUT2D eigenvalue weighted by atomic mass is 10.00. The second kappa shape index (κ2) is 5.02. The van der Waals surface area contributed by atoms with E-state index in [1.54, 1.807) is 0 Å². The van der Waals surface area contributed by atoms with Crippen LogP contribution >= 0.6 is 15.9 Å². The Morgan fingerprint density at radius 1 is 1.47 bits per heavy atom. The summed E-state index contributed by atoms with van der Waals surface area (Å²) in [5, 5.41) is 12.9. The predicted molar refractivity (Wildman–Crippen MR) is 61.9 cm³/mol. The van der Waals surface area contributed by atoms with Gasteiger partial charge in [0.05, 0.1) is 10.5 Å². The highest BCUT2D eigenvalue weighted by atomic mass is 79.9. The number of nitro groups is 1. The van der Waals surface area contributed by atoms with Gasteiger partial charge < -0.3 is 5.32 Å². The van der Waals surface area contributed by atoms with Gasteiger partial charge in [-0.25, -0.2) is 0 Å². The topological polar surface area (TPSA) is 115 Å². The lowest BCUT2D eigenvalue weighted by Crippen LogP contribution is -2.51. The van der Waals surface area contributed by atoms with E-state index in [0.29, 0.717) is 4.47 Å². The second-order valence-corrected chi connectivity index (χ2v) is 4.08. The van der Waals surface area contributed by atoms with Gasteiger partial charge in [0.15, 0.2) is 11.9 Å². The molecule has 1 rings (SSSR count). The van der Waals surface area contributed by atoms with Crippen molar-refractivity contribution in [2.24, 2.45) is 5.73 Å². The highest BCUT2D eigenvalue weighted by Gasteiger charge is 2.33. The highest BCUT2D eigenvalue weighted by molar-refractivity contribution is 9.10. The molecule has 0 spiro atoms. The number of carbonyl (C=O) groups excluding carboxylic acids is 2. The van der Waals surface area contributed by atoms with Gasteiger partial charge in [0.1, 0.15) is 0 Å². The summed E-state index contributed by atoms with van der Waals surface area (Å²) in [6, 6.07) is 3.94. The van der Waals surface area contributed by atoms with E-state index in [1.807, 2.05) is 0 Å². The number of nitrogens with zero attached hydrogens (tertiary/aromatic N) is 1. The zero-order valence-electron chi connectivity index (χ0n) is 8.42. The van der Waals surface area contributed by atoms with Crippen LogP contribution in [-0.4, -0.2) is 17.6 Å². The summed E-state index contributed by atoms with van der Waals surface area (Å²) in [7, 11) is 0. The number of rotatable bonds is 5. The van der Waals surface area contributed by atoms with Gasteiger partial charge >= 0.3 is 0 Å². The Morgan fingerprint density at radius 3 is 2.59 bits per heavy atom. The molecule has 8 heteroatoms. The molecule has 0 heterocycles. The summed E-state index contributed by atoms with van der Waals surface area (Å²) in [4.78, 5) is 31.4. The van der Waals surface area contributed by atoms with Crippen molar-refractivity contribution in [1.29, 1.82) is 0 Å². The smallest absolute Gasteiger partial charge is 0.276 e. The second-order valence-electron chi connectivity index (χ2n) is 3.17. The van der Waals surface area contributed by atoms with Crippen LogP contribution < -0.4 is 11.1 Å². The zero-order chi connectivity index (χ0) is 13.1. The first-order chi connectivity index (χ1) is 7.94. The predicted octanol–water partition coefficient (Wildman–Crippen LogP) is 0.414. The third-order valence-electron chi connectivity index (χ3n) is 2.08. The number of aldehydes is 1. The minimum absolute atomic E-state index is 0.0982. The number of carbonyl (C=O) groups is 2. The molecule has 90 valence electrons. The maximum absolute atomic E-state index is 10.9. The zero-order valence-corrected chi connectivity index (χ0v) is 10.0. The molecular formula is C9H8BrN3O4. The minimum atomic E-state index is -1.92. The average Bonchev–Trinajstić information content (AvgIpc) is 2.28. The molecule has 0 aliphatic heterocycles. The average molecular weight is 302 g/mol. The van der Waals surface area contributed by atoms with Gasteiger partial charge in [0.25, 0.3) is 5.69 Å². The molecule has 0 bridgehead atoms. The molecule has 7 nitrogen and oxygen atoms in total. The van der Waals surface area contributed by atoms with Gasteiger partial charge in [-0.1, -0.05) is 15.9 Å². The molecule has 0 aromatic heterocycles. The number of halogens is 1. The van der Waals surface area contributed by atoms with Gasteiger partial charge in [-0.2, -0.15) is 0 Å². The molecule has 3 N–H and O–H groups in total.